The lowest BCUT2D eigenvalue weighted by atomic mass is 9.75. The fraction of sp³-hybridized carbons (Fsp3) is 0.562. The number of carbonyl (C=O) groups is 1. The van der Waals surface area contributed by atoms with Crippen LogP contribution < -0.4 is 5.73 Å². The molecular weight excluding hydrogens is 252 g/mol. The molecule has 0 bridgehead atoms. The highest BCUT2D eigenvalue weighted by atomic mass is 16.3. The van der Waals surface area contributed by atoms with E-state index in [1.165, 1.54) is 6.07 Å². The van der Waals surface area contributed by atoms with Crippen LogP contribution in [0.1, 0.15) is 44.0 Å². The number of nitrogens with two attached hydrogens (primary N) is 1. The smallest absolute Gasteiger partial charge is 0.253 e. The minimum absolute atomic E-state index is 0.0207. The quantitative estimate of drug-likeness (QED) is 0.612. The minimum atomic E-state index is -0.0274. The molecule has 2 rings (SSSR count). The molecule has 4 nitrogen and oxygen atoms in total. The highest BCUT2D eigenvalue weighted by Gasteiger charge is 2.30. The first-order valence-electron chi connectivity index (χ1n) is 7.17. The van der Waals surface area contributed by atoms with E-state index in [-0.39, 0.29) is 11.7 Å². The summed E-state index contributed by atoms with van der Waals surface area (Å²) in [6.07, 6.45) is 2.08. The Morgan fingerprint density at radius 1 is 1.30 bits per heavy atom. The van der Waals surface area contributed by atoms with E-state index in [0.717, 1.165) is 25.9 Å². The lowest BCUT2D eigenvalue weighted by molar-refractivity contribution is 0.0608. The van der Waals surface area contributed by atoms with Crippen LogP contribution in [0.3, 0.4) is 0 Å². The zero-order valence-corrected chi connectivity index (χ0v) is 12.5. The van der Waals surface area contributed by atoms with E-state index in [9.17, 15) is 9.90 Å². The largest absolute Gasteiger partial charge is 0.506 e. The Morgan fingerprint density at radius 2 is 1.90 bits per heavy atom. The van der Waals surface area contributed by atoms with Crippen molar-refractivity contribution < 1.29 is 9.90 Å². The Bertz CT molecular complexity index is 498. The lowest BCUT2D eigenvalue weighted by Crippen LogP contribution is -2.41. The second kappa shape index (κ2) is 5.35. The van der Waals surface area contributed by atoms with Crippen LogP contribution in [-0.4, -0.2) is 29.0 Å². The normalized spacial score (nSPS) is 17.2. The zero-order chi connectivity index (χ0) is 14.9. The van der Waals surface area contributed by atoms with Crippen LogP contribution in [0.4, 0.5) is 5.69 Å². The summed E-state index contributed by atoms with van der Waals surface area (Å²) >= 11 is 0. The second-order valence-corrected chi connectivity index (χ2v) is 6.71. The van der Waals surface area contributed by atoms with Crippen molar-refractivity contribution in [2.75, 3.05) is 18.8 Å². The summed E-state index contributed by atoms with van der Waals surface area (Å²) in [6, 6.07) is 4.70. The number of likely N-dealkylation sites (tertiary alicyclic amines) is 1. The van der Waals surface area contributed by atoms with Gasteiger partial charge in [0.2, 0.25) is 0 Å². The molecule has 0 atom stereocenters. The highest BCUT2D eigenvalue weighted by molar-refractivity contribution is 5.95. The van der Waals surface area contributed by atoms with Crippen molar-refractivity contribution in [2.24, 2.45) is 11.3 Å². The van der Waals surface area contributed by atoms with Gasteiger partial charge in [0.05, 0.1) is 5.69 Å². The number of anilines is 1. The van der Waals surface area contributed by atoms with Gasteiger partial charge < -0.3 is 15.7 Å². The average molecular weight is 276 g/mol. The summed E-state index contributed by atoms with van der Waals surface area (Å²) < 4.78 is 0. The summed E-state index contributed by atoms with van der Waals surface area (Å²) in [5.41, 5.74) is 6.66. The Hall–Kier alpha value is -1.71. The van der Waals surface area contributed by atoms with Crippen LogP contribution in [0.15, 0.2) is 18.2 Å². The fourth-order valence-corrected chi connectivity index (χ4v) is 2.81. The maximum Gasteiger partial charge on any atom is 0.253 e. The van der Waals surface area contributed by atoms with Gasteiger partial charge in [0.25, 0.3) is 5.91 Å². The number of hydrogen-bond donors (Lipinski definition) is 2. The monoisotopic (exact) mass is 276 g/mol. The van der Waals surface area contributed by atoms with E-state index in [0.29, 0.717) is 22.6 Å². The topological polar surface area (TPSA) is 66.6 Å². The third-order valence-electron chi connectivity index (χ3n) is 4.28. The molecule has 1 saturated heterocycles. The van der Waals surface area contributed by atoms with Crippen LogP contribution in [-0.2, 0) is 0 Å². The molecule has 1 aromatic rings. The molecule has 0 radical (unpaired) electrons. The minimum Gasteiger partial charge on any atom is -0.506 e. The van der Waals surface area contributed by atoms with E-state index in [4.69, 9.17) is 5.73 Å². The van der Waals surface area contributed by atoms with Crippen molar-refractivity contribution in [2.45, 2.75) is 33.6 Å². The number of nitrogens with zero attached hydrogens (tertiary/aromatic N) is 1. The Morgan fingerprint density at radius 3 is 2.40 bits per heavy atom. The third-order valence-corrected chi connectivity index (χ3v) is 4.28. The number of carbonyl (C=O) groups excluding carboxylic acids is 1. The number of rotatable bonds is 1. The fourth-order valence-electron chi connectivity index (χ4n) is 2.81. The third kappa shape index (κ3) is 3.06. The van der Waals surface area contributed by atoms with Crippen LogP contribution in [0.25, 0.3) is 0 Å². The van der Waals surface area contributed by atoms with Gasteiger partial charge in [-0.2, -0.15) is 0 Å². The predicted octanol–water partition coefficient (Wildman–Crippen LogP) is 2.87. The van der Waals surface area contributed by atoms with Crippen molar-refractivity contribution in [3.63, 3.8) is 0 Å². The van der Waals surface area contributed by atoms with Gasteiger partial charge in [-0.05, 0) is 42.4 Å². The summed E-state index contributed by atoms with van der Waals surface area (Å²) in [6.45, 7) is 8.34. The van der Waals surface area contributed by atoms with Crippen molar-refractivity contribution in [3.8, 4) is 5.75 Å². The van der Waals surface area contributed by atoms with Crippen LogP contribution >= 0.6 is 0 Å². The van der Waals surface area contributed by atoms with Crippen molar-refractivity contribution in [1.29, 1.82) is 0 Å². The summed E-state index contributed by atoms with van der Waals surface area (Å²) in [5.74, 6) is 0.611. The Kier molecular flexibility index (Phi) is 3.93. The molecule has 1 amide bonds. The number of aromatic hydroxyl groups is 1. The SMILES string of the molecule is CC(C)(C)C1CCN(C(=O)c2ccc(N)c(O)c2)CC1. The number of phenolic OH excluding ortho intramolecular Hbond substituents is 1. The zero-order valence-electron chi connectivity index (χ0n) is 12.5. The van der Waals surface area contributed by atoms with Gasteiger partial charge in [-0.15, -0.1) is 0 Å². The molecule has 110 valence electrons. The second-order valence-electron chi connectivity index (χ2n) is 6.71. The molecule has 0 aliphatic carbocycles. The predicted molar refractivity (Wildman–Crippen MR) is 80.6 cm³/mol. The maximum absolute atomic E-state index is 12.4. The van der Waals surface area contributed by atoms with Crippen molar-refractivity contribution in [3.05, 3.63) is 23.8 Å². The van der Waals surface area contributed by atoms with Crippen molar-refractivity contribution in [1.82, 2.24) is 4.90 Å². The number of phenols is 1. The molecule has 1 heterocycles. The summed E-state index contributed by atoms with van der Waals surface area (Å²) in [4.78, 5) is 14.3. The van der Waals surface area contributed by atoms with Gasteiger partial charge in [0, 0.05) is 18.7 Å². The summed E-state index contributed by atoms with van der Waals surface area (Å²) in [5, 5.41) is 9.60. The molecule has 3 N–H and O–H groups in total. The number of nitrogen functional groups attached to an aromatic ring is 1. The van der Waals surface area contributed by atoms with Crippen molar-refractivity contribution >= 4 is 11.6 Å². The molecule has 1 fully saturated rings. The molecule has 1 aliphatic heterocycles. The van der Waals surface area contributed by atoms with Gasteiger partial charge >= 0.3 is 0 Å². The molecule has 0 unspecified atom stereocenters. The maximum atomic E-state index is 12.4. The van der Waals surface area contributed by atoms with Crippen LogP contribution in [0, 0.1) is 11.3 Å². The summed E-state index contributed by atoms with van der Waals surface area (Å²) in [7, 11) is 0. The molecule has 1 aliphatic rings. The first kappa shape index (κ1) is 14.7. The van der Waals surface area contributed by atoms with E-state index in [2.05, 4.69) is 20.8 Å². The average Bonchev–Trinajstić information content (AvgIpc) is 2.40. The van der Waals surface area contributed by atoms with E-state index >= 15 is 0 Å². The molecule has 20 heavy (non-hydrogen) atoms. The lowest BCUT2D eigenvalue weighted by Gasteiger charge is -2.38. The van der Waals surface area contributed by atoms with Gasteiger partial charge in [-0.1, -0.05) is 20.8 Å². The van der Waals surface area contributed by atoms with Gasteiger partial charge in [-0.25, -0.2) is 0 Å². The molecule has 4 heteroatoms. The van der Waals surface area contributed by atoms with Gasteiger partial charge in [0.1, 0.15) is 5.75 Å². The molecular formula is C16H24N2O2. The van der Waals surface area contributed by atoms with E-state index in [1.54, 1.807) is 12.1 Å². The Labute approximate surface area is 120 Å². The molecule has 1 aromatic carbocycles. The molecule has 0 saturated carbocycles. The molecule has 0 spiro atoms. The standard InChI is InChI=1S/C16H24N2O2/c1-16(2,3)12-6-8-18(9-7-12)15(20)11-4-5-13(17)14(19)10-11/h4-5,10,12,19H,6-9,17H2,1-3H3. The number of benzene rings is 1. The highest BCUT2D eigenvalue weighted by Crippen LogP contribution is 2.34. The first-order valence-corrected chi connectivity index (χ1v) is 7.17. The van der Waals surface area contributed by atoms with E-state index in [1.807, 2.05) is 4.90 Å². The number of piperidine rings is 1. The van der Waals surface area contributed by atoms with Crippen LogP contribution in [0.5, 0.6) is 5.75 Å². The molecule has 0 aromatic heterocycles. The van der Waals surface area contributed by atoms with Gasteiger partial charge in [-0.3, -0.25) is 4.79 Å². The number of amides is 1. The Balaban J connectivity index is 2.03. The van der Waals surface area contributed by atoms with E-state index < -0.39 is 0 Å². The van der Waals surface area contributed by atoms with Gasteiger partial charge in [0.15, 0.2) is 0 Å². The first-order chi connectivity index (χ1) is 9.29. The number of hydrogen-bond acceptors (Lipinski definition) is 3. The van der Waals surface area contributed by atoms with Crippen LogP contribution in [0.2, 0.25) is 0 Å².